The summed E-state index contributed by atoms with van der Waals surface area (Å²) in [5, 5.41) is 4.28. The van der Waals surface area contributed by atoms with Crippen LogP contribution in [-0.4, -0.2) is 64.5 Å². The van der Waals surface area contributed by atoms with Crippen LogP contribution in [0.4, 0.5) is 9.18 Å². The number of hydrazone groups is 1. The van der Waals surface area contributed by atoms with Crippen LogP contribution in [0.3, 0.4) is 0 Å². The summed E-state index contributed by atoms with van der Waals surface area (Å²) >= 11 is 6.03. The van der Waals surface area contributed by atoms with Gasteiger partial charge in [-0.3, -0.25) is 14.6 Å². The molecular weight excluding hydrogens is 423 g/mol. The average Bonchev–Trinajstić information content (AvgIpc) is 3.12. The number of amidine groups is 1. The molecule has 2 aliphatic heterocycles. The molecule has 10 heteroatoms. The molecule has 2 aromatic rings. The number of hydrogen-bond donors (Lipinski definition) is 1. The number of carbonyl (C=O) groups is 2. The number of urea groups is 1. The third-order valence-electron chi connectivity index (χ3n) is 5.08. The lowest BCUT2D eigenvalue weighted by molar-refractivity contribution is -0.553. The van der Waals surface area contributed by atoms with Gasteiger partial charge < -0.3 is 0 Å². The van der Waals surface area contributed by atoms with Gasteiger partial charge in [-0.15, -0.1) is 5.10 Å². The Bertz CT molecular complexity index is 1130. The first-order valence-corrected chi connectivity index (χ1v) is 9.80. The minimum Gasteiger partial charge on any atom is -0.270 e. The molecule has 0 aliphatic carbocycles. The number of nitrogens with zero attached hydrogens (tertiary/aromatic N) is 5. The lowest BCUT2D eigenvalue weighted by Crippen LogP contribution is -2.61. The lowest BCUT2D eigenvalue weighted by atomic mass is 10.1. The second kappa shape index (κ2) is 8.27. The Morgan fingerprint density at radius 1 is 1.16 bits per heavy atom. The van der Waals surface area contributed by atoms with Gasteiger partial charge in [-0.2, -0.15) is 5.43 Å². The Kier molecular flexibility index (Phi) is 5.51. The quantitative estimate of drug-likeness (QED) is 0.449. The maximum Gasteiger partial charge on any atom is 0.414 e. The largest absolute Gasteiger partial charge is 0.414 e. The van der Waals surface area contributed by atoms with E-state index in [-0.39, 0.29) is 16.5 Å². The zero-order chi connectivity index (χ0) is 22.1. The summed E-state index contributed by atoms with van der Waals surface area (Å²) in [6.07, 6.45) is 1.25. The molecule has 0 aromatic heterocycles. The third kappa shape index (κ3) is 3.79. The van der Waals surface area contributed by atoms with Crippen molar-refractivity contribution >= 4 is 41.5 Å². The fourth-order valence-electron chi connectivity index (χ4n) is 3.42. The van der Waals surface area contributed by atoms with E-state index in [1.807, 2.05) is 30.3 Å². The maximum absolute atomic E-state index is 14.0. The maximum atomic E-state index is 14.0. The SMILES string of the molecule is CN1C(=O)C2C(=NC(N/N=C/c3c(F)cccc3Cl)=[N+]2Cc2ccccc2)N(C)C1=O. The second-order valence-corrected chi connectivity index (χ2v) is 7.46. The predicted octanol–water partition coefficient (Wildman–Crippen LogP) is 2.28. The predicted molar refractivity (Wildman–Crippen MR) is 115 cm³/mol. The first kappa shape index (κ1) is 20.7. The van der Waals surface area contributed by atoms with Gasteiger partial charge in [0, 0.05) is 14.1 Å². The fourth-order valence-corrected chi connectivity index (χ4v) is 3.63. The molecule has 0 spiro atoms. The monoisotopic (exact) mass is 441 g/mol. The number of hydrogen-bond acceptors (Lipinski definition) is 5. The highest BCUT2D eigenvalue weighted by Gasteiger charge is 2.51. The number of benzene rings is 2. The van der Waals surface area contributed by atoms with Crippen LogP contribution in [0.1, 0.15) is 11.1 Å². The number of guanidine groups is 1. The van der Waals surface area contributed by atoms with Gasteiger partial charge in [0.25, 0.3) is 5.91 Å². The summed E-state index contributed by atoms with van der Waals surface area (Å²) in [6.45, 7) is 0.346. The van der Waals surface area contributed by atoms with Crippen LogP contribution in [0.2, 0.25) is 5.02 Å². The molecule has 1 saturated heterocycles. The second-order valence-electron chi connectivity index (χ2n) is 7.05. The van der Waals surface area contributed by atoms with Crippen LogP contribution >= 0.6 is 11.6 Å². The summed E-state index contributed by atoms with van der Waals surface area (Å²) < 4.78 is 15.7. The first-order chi connectivity index (χ1) is 14.9. The van der Waals surface area contributed by atoms with Gasteiger partial charge in [-0.05, 0) is 17.7 Å². The van der Waals surface area contributed by atoms with Crippen LogP contribution in [0.5, 0.6) is 0 Å². The smallest absolute Gasteiger partial charge is 0.270 e. The van der Waals surface area contributed by atoms with Crippen LogP contribution in [0.25, 0.3) is 0 Å². The summed E-state index contributed by atoms with van der Waals surface area (Å²) in [4.78, 5) is 32.1. The molecule has 2 heterocycles. The molecule has 4 rings (SSSR count). The molecular formula is C21H19ClFN6O2+. The molecule has 158 valence electrons. The summed E-state index contributed by atoms with van der Waals surface area (Å²) in [7, 11) is 2.99. The number of carbonyl (C=O) groups excluding carboxylic acids is 2. The van der Waals surface area contributed by atoms with E-state index in [1.165, 1.54) is 30.3 Å². The van der Waals surface area contributed by atoms with Crippen molar-refractivity contribution in [1.82, 2.24) is 15.2 Å². The highest BCUT2D eigenvalue weighted by Crippen LogP contribution is 2.20. The van der Waals surface area contributed by atoms with Gasteiger partial charge in [0.2, 0.25) is 11.9 Å². The molecule has 0 bridgehead atoms. The Balaban J connectivity index is 1.70. The molecule has 3 amide bonds. The fraction of sp³-hybridized carbons (Fsp3) is 0.190. The van der Waals surface area contributed by atoms with Crippen molar-refractivity contribution in [2.45, 2.75) is 12.6 Å². The minimum absolute atomic E-state index is 0.123. The number of likely N-dealkylation sites (N-methyl/N-ethyl adjacent to an activating group) is 2. The van der Waals surface area contributed by atoms with Gasteiger partial charge in [-0.25, -0.2) is 13.8 Å². The average molecular weight is 442 g/mol. The molecule has 8 nitrogen and oxygen atoms in total. The normalized spacial score (nSPS) is 18.7. The van der Waals surface area contributed by atoms with Gasteiger partial charge in [-0.1, -0.05) is 53.0 Å². The Labute approximate surface area is 182 Å². The number of imide groups is 1. The van der Waals surface area contributed by atoms with Crippen molar-refractivity contribution in [3.05, 3.63) is 70.5 Å². The number of aliphatic imine (C=N–C) groups is 1. The zero-order valence-electron chi connectivity index (χ0n) is 16.8. The van der Waals surface area contributed by atoms with Crippen LogP contribution in [-0.2, 0) is 11.3 Å². The molecule has 2 aromatic carbocycles. The summed E-state index contributed by atoms with van der Waals surface area (Å²) in [6, 6.07) is 12.6. The highest BCUT2D eigenvalue weighted by molar-refractivity contribution is 6.33. The molecule has 2 aliphatic rings. The number of amides is 3. The molecule has 31 heavy (non-hydrogen) atoms. The standard InChI is InChI=1S/C21H18ClFN6O2/c1-27-18-17(19(30)28(2)21(27)31)29(12-13-7-4-3-5-8-13)20(25-18)26-24-11-14-15(22)9-6-10-16(14)23/h3-11,17H,12H2,1-2H3/p+1/b24-11+. The number of nitrogens with one attached hydrogen (secondary N) is 1. The molecule has 0 saturated carbocycles. The molecule has 1 atom stereocenters. The van der Waals surface area contributed by atoms with E-state index < -0.39 is 23.8 Å². The summed E-state index contributed by atoms with van der Waals surface area (Å²) in [5.41, 5.74) is 3.83. The number of rotatable bonds is 4. The minimum atomic E-state index is -0.789. The van der Waals surface area contributed by atoms with Crippen molar-refractivity contribution in [2.75, 3.05) is 14.1 Å². The summed E-state index contributed by atoms with van der Waals surface area (Å²) in [5.74, 6) is -0.352. The van der Waals surface area contributed by atoms with E-state index in [0.717, 1.165) is 10.5 Å². The van der Waals surface area contributed by atoms with Gasteiger partial charge in [0.1, 0.15) is 5.82 Å². The lowest BCUT2D eigenvalue weighted by Gasteiger charge is -2.31. The van der Waals surface area contributed by atoms with Crippen molar-refractivity contribution in [1.29, 1.82) is 0 Å². The highest BCUT2D eigenvalue weighted by atomic mass is 35.5. The van der Waals surface area contributed by atoms with Crippen molar-refractivity contribution in [3.63, 3.8) is 0 Å². The third-order valence-corrected chi connectivity index (χ3v) is 5.41. The van der Waals surface area contributed by atoms with E-state index in [9.17, 15) is 14.0 Å². The van der Waals surface area contributed by atoms with Crippen LogP contribution in [0, 0.1) is 5.82 Å². The first-order valence-electron chi connectivity index (χ1n) is 9.43. The molecule has 1 unspecified atom stereocenters. The molecule has 0 radical (unpaired) electrons. The Morgan fingerprint density at radius 2 is 1.90 bits per heavy atom. The molecule has 1 fully saturated rings. The van der Waals surface area contributed by atoms with Crippen LogP contribution < -0.4 is 5.43 Å². The van der Waals surface area contributed by atoms with E-state index >= 15 is 0 Å². The van der Waals surface area contributed by atoms with Gasteiger partial charge in [0.15, 0.2) is 0 Å². The van der Waals surface area contributed by atoms with E-state index in [1.54, 1.807) is 17.7 Å². The van der Waals surface area contributed by atoms with E-state index in [2.05, 4.69) is 15.5 Å². The van der Waals surface area contributed by atoms with Crippen LogP contribution in [0.15, 0.2) is 58.6 Å². The van der Waals surface area contributed by atoms with E-state index in [4.69, 9.17) is 11.6 Å². The zero-order valence-corrected chi connectivity index (χ0v) is 17.5. The number of halogens is 2. The van der Waals surface area contributed by atoms with Crippen molar-refractivity contribution in [2.24, 2.45) is 10.1 Å². The van der Waals surface area contributed by atoms with Gasteiger partial charge in [0.05, 0.1) is 23.3 Å². The topological polar surface area (TPSA) is 80.4 Å². The van der Waals surface area contributed by atoms with E-state index in [0.29, 0.717) is 12.4 Å². The Hall–Kier alpha value is -3.59. The van der Waals surface area contributed by atoms with Crippen molar-refractivity contribution < 1.29 is 18.6 Å². The van der Waals surface area contributed by atoms with Crippen molar-refractivity contribution in [3.8, 4) is 0 Å². The Morgan fingerprint density at radius 3 is 2.61 bits per heavy atom. The number of fused-ring (bicyclic) bond motifs is 1. The van der Waals surface area contributed by atoms with Gasteiger partial charge >= 0.3 is 12.0 Å². The molecule has 1 N–H and O–H groups in total.